The number of carbonyl (C=O) groups is 1. The maximum Gasteiger partial charge on any atom is 0.335 e. The summed E-state index contributed by atoms with van der Waals surface area (Å²) in [6.07, 6.45) is 1.55. The fourth-order valence-corrected chi connectivity index (χ4v) is 2.42. The summed E-state index contributed by atoms with van der Waals surface area (Å²) in [5.74, 6) is -0.642. The van der Waals surface area contributed by atoms with Crippen molar-refractivity contribution >= 4 is 17.4 Å². The number of hydrogen-bond acceptors (Lipinski definition) is 4. The first kappa shape index (κ1) is 13.2. The van der Waals surface area contributed by atoms with Crippen molar-refractivity contribution in [1.29, 1.82) is 0 Å². The molecule has 5 heteroatoms. The zero-order chi connectivity index (χ0) is 14.8. The Morgan fingerprint density at radius 1 is 1.10 bits per heavy atom. The number of aromatic carboxylic acids is 1. The highest BCUT2D eigenvalue weighted by Crippen LogP contribution is 2.30. The van der Waals surface area contributed by atoms with E-state index in [1.54, 1.807) is 24.3 Å². The normalized spacial score (nSPS) is 15.0. The molecule has 0 amide bonds. The molecule has 2 aromatic rings. The number of aromatic hydroxyl groups is 1. The monoisotopic (exact) mass is 282 g/mol. The summed E-state index contributed by atoms with van der Waals surface area (Å²) in [7, 11) is 0. The van der Waals surface area contributed by atoms with Gasteiger partial charge in [0, 0.05) is 11.1 Å². The third kappa shape index (κ3) is 2.58. The van der Waals surface area contributed by atoms with Gasteiger partial charge in [0.25, 0.3) is 0 Å². The van der Waals surface area contributed by atoms with Gasteiger partial charge in [0.1, 0.15) is 5.75 Å². The predicted molar refractivity (Wildman–Crippen MR) is 80.0 cm³/mol. The number of hydrogen-bond donors (Lipinski definition) is 3. The van der Waals surface area contributed by atoms with Crippen molar-refractivity contribution < 1.29 is 15.0 Å². The lowest BCUT2D eigenvalue weighted by Crippen LogP contribution is -2.00. The smallest absolute Gasteiger partial charge is 0.335 e. The van der Waals surface area contributed by atoms with E-state index in [-0.39, 0.29) is 5.56 Å². The van der Waals surface area contributed by atoms with E-state index in [1.807, 2.05) is 6.07 Å². The summed E-state index contributed by atoms with van der Waals surface area (Å²) in [5, 5.41) is 23.0. The first-order valence-electron chi connectivity index (χ1n) is 6.62. The van der Waals surface area contributed by atoms with E-state index in [0.717, 1.165) is 35.4 Å². The van der Waals surface area contributed by atoms with Gasteiger partial charge in [0.2, 0.25) is 0 Å². The number of phenols is 1. The molecule has 0 saturated carbocycles. The van der Waals surface area contributed by atoms with Crippen LogP contribution < -0.4 is 5.43 Å². The fraction of sp³-hybridized carbons (Fsp3) is 0.125. The Morgan fingerprint density at radius 3 is 2.57 bits per heavy atom. The molecule has 0 spiro atoms. The maximum absolute atomic E-state index is 10.8. The molecule has 0 unspecified atom stereocenters. The van der Waals surface area contributed by atoms with Crippen LogP contribution in [0.1, 0.15) is 27.9 Å². The van der Waals surface area contributed by atoms with Gasteiger partial charge in [-0.1, -0.05) is 12.1 Å². The van der Waals surface area contributed by atoms with E-state index in [2.05, 4.69) is 10.5 Å². The lowest BCUT2D eigenvalue weighted by atomic mass is 10.1. The molecule has 0 saturated heterocycles. The quantitative estimate of drug-likeness (QED) is 0.756. The van der Waals surface area contributed by atoms with Crippen molar-refractivity contribution in [2.24, 2.45) is 5.10 Å². The van der Waals surface area contributed by atoms with Gasteiger partial charge >= 0.3 is 5.97 Å². The highest BCUT2D eigenvalue weighted by molar-refractivity contribution is 6.05. The molecule has 0 aliphatic heterocycles. The number of benzene rings is 2. The van der Waals surface area contributed by atoms with Gasteiger partial charge in [-0.3, -0.25) is 5.43 Å². The Morgan fingerprint density at radius 2 is 1.86 bits per heavy atom. The summed E-state index contributed by atoms with van der Waals surface area (Å²) < 4.78 is 0. The van der Waals surface area contributed by atoms with Crippen LogP contribution in [0.4, 0.5) is 5.69 Å². The molecule has 0 fully saturated rings. The van der Waals surface area contributed by atoms with Crippen molar-refractivity contribution in [2.45, 2.75) is 12.8 Å². The molecule has 2 aromatic carbocycles. The molecular weight excluding hydrogens is 268 g/mol. The minimum Gasteiger partial charge on any atom is -0.508 e. The second kappa shape index (κ2) is 5.28. The summed E-state index contributed by atoms with van der Waals surface area (Å²) in [4.78, 5) is 10.8. The Kier molecular flexibility index (Phi) is 3.31. The molecule has 0 bridgehead atoms. The van der Waals surface area contributed by atoms with Crippen molar-refractivity contribution in [2.75, 3.05) is 5.43 Å². The second-order valence-electron chi connectivity index (χ2n) is 4.86. The Hall–Kier alpha value is -2.82. The zero-order valence-electron chi connectivity index (χ0n) is 11.2. The van der Waals surface area contributed by atoms with E-state index in [4.69, 9.17) is 5.11 Å². The zero-order valence-corrected chi connectivity index (χ0v) is 11.2. The SMILES string of the molecule is O=C(O)c1ccc(N/N=C2/CCc3c(O)cccc32)cc1. The number of carboxylic acids is 1. The largest absolute Gasteiger partial charge is 0.508 e. The second-order valence-corrected chi connectivity index (χ2v) is 4.86. The highest BCUT2D eigenvalue weighted by atomic mass is 16.4. The summed E-state index contributed by atoms with van der Waals surface area (Å²) in [6.45, 7) is 0. The van der Waals surface area contributed by atoms with Crippen molar-refractivity contribution in [1.82, 2.24) is 0 Å². The summed E-state index contributed by atoms with van der Waals surface area (Å²) in [5.41, 5.74) is 6.67. The van der Waals surface area contributed by atoms with Crippen LogP contribution >= 0.6 is 0 Å². The molecule has 1 aliphatic rings. The average Bonchev–Trinajstić information content (AvgIpc) is 2.90. The van der Waals surface area contributed by atoms with Crippen molar-refractivity contribution in [3.63, 3.8) is 0 Å². The van der Waals surface area contributed by atoms with Gasteiger partial charge in [-0.05, 0) is 43.2 Å². The van der Waals surface area contributed by atoms with E-state index in [9.17, 15) is 9.90 Å². The molecular formula is C16H14N2O3. The number of phenolic OH excluding ortho intramolecular Hbond substituents is 1. The standard InChI is InChI=1S/C16H14N2O3/c19-15-3-1-2-12-13(15)8-9-14(12)18-17-11-6-4-10(5-7-11)16(20)21/h1-7,17,19H,8-9H2,(H,20,21)/b18-14-. The summed E-state index contributed by atoms with van der Waals surface area (Å²) >= 11 is 0. The molecule has 21 heavy (non-hydrogen) atoms. The van der Waals surface area contributed by atoms with Crippen LogP contribution in [0.3, 0.4) is 0 Å². The molecule has 1 aliphatic carbocycles. The molecule has 0 radical (unpaired) electrons. The topological polar surface area (TPSA) is 81.9 Å². The van der Waals surface area contributed by atoms with Crippen LogP contribution in [0.15, 0.2) is 47.6 Å². The van der Waals surface area contributed by atoms with Crippen LogP contribution in [0.2, 0.25) is 0 Å². The average molecular weight is 282 g/mol. The van der Waals surface area contributed by atoms with Crippen LogP contribution in [-0.2, 0) is 6.42 Å². The number of nitrogens with zero attached hydrogens (tertiary/aromatic N) is 1. The molecule has 0 aromatic heterocycles. The minimum atomic E-state index is -0.951. The predicted octanol–water partition coefficient (Wildman–Crippen LogP) is 2.85. The molecule has 3 N–H and O–H groups in total. The Balaban J connectivity index is 1.79. The maximum atomic E-state index is 10.8. The van der Waals surface area contributed by atoms with E-state index in [1.165, 1.54) is 12.1 Å². The highest BCUT2D eigenvalue weighted by Gasteiger charge is 2.20. The van der Waals surface area contributed by atoms with Crippen LogP contribution in [0, 0.1) is 0 Å². The number of nitrogens with one attached hydrogen (secondary N) is 1. The van der Waals surface area contributed by atoms with Crippen molar-refractivity contribution in [3.05, 3.63) is 59.2 Å². The van der Waals surface area contributed by atoms with Crippen LogP contribution in [0.25, 0.3) is 0 Å². The van der Waals surface area contributed by atoms with Gasteiger partial charge in [0.05, 0.1) is 17.0 Å². The number of anilines is 1. The number of rotatable bonds is 3. The number of carboxylic acid groups (broad SMARTS) is 1. The molecule has 106 valence electrons. The van der Waals surface area contributed by atoms with E-state index in [0.29, 0.717) is 5.75 Å². The third-order valence-electron chi connectivity index (χ3n) is 3.53. The molecule has 0 atom stereocenters. The Bertz CT molecular complexity index is 721. The molecule has 5 nitrogen and oxygen atoms in total. The number of hydrazone groups is 1. The minimum absolute atomic E-state index is 0.240. The van der Waals surface area contributed by atoms with Gasteiger partial charge < -0.3 is 10.2 Å². The third-order valence-corrected chi connectivity index (χ3v) is 3.53. The van der Waals surface area contributed by atoms with E-state index >= 15 is 0 Å². The lowest BCUT2D eigenvalue weighted by molar-refractivity contribution is 0.0697. The first-order chi connectivity index (χ1) is 10.1. The number of fused-ring (bicyclic) bond motifs is 1. The Labute approximate surface area is 121 Å². The van der Waals surface area contributed by atoms with E-state index < -0.39 is 5.97 Å². The van der Waals surface area contributed by atoms with Gasteiger partial charge in [-0.25, -0.2) is 4.79 Å². The fourth-order valence-electron chi connectivity index (χ4n) is 2.42. The first-order valence-corrected chi connectivity index (χ1v) is 6.62. The van der Waals surface area contributed by atoms with Crippen molar-refractivity contribution in [3.8, 4) is 5.75 Å². The van der Waals surface area contributed by atoms with Gasteiger partial charge in [0.15, 0.2) is 0 Å². The van der Waals surface area contributed by atoms with Gasteiger partial charge in [-0.15, -0.1) is 0 Å². The summed E-state index contributed by atoms with van der Waals surface area (Å²) in [6, 6.07) is 11.8. The van der Waals surface area contributed by atoms with Gasteiger partial charge in [-0.2, -0.15) is 5.10 Å². The lowest BCUT2D eigenvalue weighted by Gasteiger charge is -2.04. The van der Waals surface area contributed by atoms with Crippen LogP contribution in [0.5, 0.6) is 5.75 Å². The molecule has 0 heterocycles. The molecule has 3 rings (SSSR count). The van der Waals surface area contributed by atoms with Crippen LogP contribution in [-0.4, -0.2) is 21.9 Å².